The quantitative estimate of drug-likeness (QED) is 0.849. The standard InChI is InChI=1S/C22H27N3/c1-15-3-6-20-19(13-15)22-21(18-8-10-24(22)11-9-18)25(20)12-7-17-5-4-16(2)23-14-17/h3-6,13-14,18,21-22H,7-12H2,1-2H3/t21-,22-/m1/s1. The van der Waals surface area contributed by atoms with E-state index in [-0.39, 0.29) is 0 Å². The number of anilines is 1. The molecular weight excluding hydrogens is 306 g/mol. The molecule has 5 heterocycles. The van der Waals surface area contributed by atoms with Crippen molar-refractivity contribution in [2.75, 3.05) is 24.5 Å². The molecule has 3 fully saturated rings. The Kier molecular flexibility index (Phi) is 3.60. The van der Waals surface area contributed by atoms with Gasteiger partial charge in [-0.25, -0.2) is 0 Å². The van der Waals surface area contributed by atoms with Crippen LogP contribution in [0.15, 0.2) is 36.5 Å². The van der Waals surface area contributed by atoms with Crippen LogP contribution in [0.1, 0.15) is 41.3 Å². The molecule has 3 saturated heterocycles. The predicted molar refractivity (Wildman–Crippen MR) is 102 cm³/mol. The zero-order chi connectivity index (χ0) is 17.0. The molecule has 3 nitrogen and oxygen atoms in total. The molecule has 0 unspecified atom stereocenters. The van der Waals surface area contributed by atoms with Gasteiger partial charge in [0.1, 0.15) is 0 Å². The Hall–Kier alpha value is -1.87. The minimum absolute atomic E-state index is 0.624. The SMILES string of the molecule is Cc1ccc2c(c1)[C@@H]1[C@@H](C3CCN1CC3)N2CCc1ccc(C)nc1. The van der Waals surface area contributed by atoms with Gasteiger partial charge in [0.2, 0.25) is 0 Å². The molecule has 4 aliphatic heterocycles. The summed E-state index contributed by atoms with van der Waals surface area (Å²) >= 11 is 0. The maximum absolute atomic E-state index is 4.47. The van der Waals surface area contributed by atoms with Gasteiger partial charge in [0, 0.05) is 24.1 Å². The van der Waals surface area contributed by atoms with E-state index in [1.54, 1.807) is 5.56 Å². The van der Waals surface area contributed by atoms with Crippen molar-refractivity contribution in [3.8, 4) is 0 Å². The van der Waals surface area contributed by atoms with Crippen molar-refractivity contribution in [3.63, 3.8) is 0 Å². The van der Waals surface area contributed by atoms with E-state index in [0.717, 1.165) is 24.6 Å². The molecule has 0 saturated carbocycles. The van der Waals surface area contributed by atoms with E-state index < -0.39 is 0 Å². The van der Waals surface area contributed by atoms with Crippen molar-refractivity contribution >= 4 is 5.69 Å². The number of piperidine rings is 3. The van der Waals surface area contributed by atoms with Crippen molar-refractivity contribution < 1.29 is 0 Å². The summed E-state index contributed by atoms with van der Waals surface area (Å²) in [6, 6.07) is 12.8. The Morgan fingerprint density at radius 1 is 1.08 bits per heavy atom. The zero-order valence-corrected chi connectivity index (χ0v) is 15.3. The highest BCUT2D eigenvalue weighted by atomic mass is 15.3. The summed E-state index contributed by atoms with van der Waals surface area (Å²) in [5.41, 5.74) is 6.91. The summed E-state index contributed by atoms with van der Waals surface area (Å²) in [5, 5.41) is 0. The normalized spacial score (nSPS) is 29.6. The maximum atomic E-state index is 4.47. The fourth-order valence-electron chi connectivity index (χ4n) is 5.32. The number of benzene rings is 1. The van der Waals surface area contributed by atoms with E-state index in [9.17, 15) is 0 Å². The van der Waals surface area contributed by atoms with Crippen LogP contribution in [0.25, 0.3) is 0 Å². The molecule has 1 aromatic carbocycles. The molecule has 3 heteroatoms. The topological polar surface area (TPSA) is 19.4 Å². The largest absolute Gasteiger partial charge is 0.366 e. The van der Waals surface area contributed by atoms with Crippen LogP contribution in [0.3, 0.4) is 0 Å². The first kappa shape index (κ1) is 15.4. The summed E-state index contributed by atoms with van der Waals surface area (Å²) in [6.07, 6.45) is 5.87. The van der Waals surface area contributed by atoms with Crippen LogP contribution < -0.4 is 4.90 Å². The van der Waals surface area contributed by atoms with Gasteiger partial charge in [-0.2, -0.15) is 0 Å². The van der Waals surface area contributed by atoms with Crippen LogP contribution in [0, 0.1) is 19.8 Å². The van der Waals surface area contributed by atoms with Gasteiger partial charge in [0.05, 0.1) is 12.1 Å². The molecular formula is C22H27N3. The van der Waals surface area contributed by atoms with E-state index in [1.807, 2.05) is 0 Å². The number of pyridine rings is 1. The second kappa shape index (κ2) is 5.84. The third-order valence-corrected chi connectivity index (χ3v) is 6.56. The van der Waals surface area contributed by atoms with Crippen LogP contribution >= 0.6 is 0 Å². The van der Waals surface area contributed by atoms with Gasteiger partial charge in [-0.05, 0) is 75.4 Å². The summed E-state index contributed by atoms with van der Waals surface area (Å²) in [6.45, 7) is 7.96. The second-order valence-corrected chi connectivity index (χ2v) is 8.12. The van der Waals surface area contributed by atoms with Crippen molar-refractivity contribution in [1.82, 2.24) is 9.88 Å². The first-order chi connectivity index (χ1) is 12.2. The highest BCUT2D eigenvalue weighted by Gasteiger charge is 2.50. The number of fused-ring (bicyclic) bond motifs is 3. The number of nitrogens with zero attached hydrogens (tertiary/aromatic N) is 3. The van der Waals surface area contributed by atoms with Gasteiger partial charge in [-0.3, -0.25) is 9.88 Å². The van der Waals surface area contributed by atoms with Crippen LogP contribution in [0.4, 0.5) is 5.69 Å². The summed E-state index contributed by atoms with van der Waals surface area (Å²) in [5.74, 6) is 0.860. The Morgan fingerprint density at radius 3 is 2.68 bits per heavy atom. The highest BCUT2D eigenvalue weighted by molar-refractivity contribution is 5.63. The zero-order valence-electron chi connectivity index (χ0n) is 15.3. The molecule has 0 spiro atoms. The van der Waals surface area contributed by atoms with Crippen LogP contribution in [-0.2, 0) is 6.42 Å². The number of aryl methyl sites for hydroxylation is 2. The van der Waals surface area contributed by atoms with Crippen molar-refractivity contribution in [2.45, 2.75) is 45.2 Å². The van der Waals surface area contributed by atoms with Crippen molar-refractivity contribution in [2.24, 2.45) is 5.92 Å². The van der Waals surface area contributed by atoms with Crippen LogP contribution in [0.5, 0.6) is 0 Å². The lowest BCUT2D eigenvalue weighted by Crippen LogP contribution is -2.56. The Morgan fingerprint density at radius 2 is 1.92 bits per heavy atom. The molecule has 2 bridgehead atoms. The number of rotatable bonds is 3. The van der Waals surface area contributed by atoms with E-state index in [1.165, 1.54) is 42.7 Å². The molecule has 2 atom stereocenters. The number of hydrogen-bond donors (Lipinski definition) is 0. The number of aromatic nitrogens is 1. The van der Waals surface area contributed by atoms with Crippen molar-refractivity contribution in [1.29, 1.82) is 0 Å². The van der Waals surface area contributed by atoms with Crippen LogP contribution in [0.2, 0.25) is 0 Å². The third kappa shape index (κ3) is 2.48. The molecule has 0 amide bonds. The summed E-state index contributed by atoms with van der Waals surface area (Å²) < 4.78 is 0. The predicted octanol–water partition coefficient (Wildman–Crippen LogP) is 3.90. The minimum Gasteiger partial charge on any atom is -0.366 e. The van der Waals surface area contributed by atoms with Gasteiger partial charge in [-0.15, -0.1) is 0 Å². The maximum Gasteiger partial charge on any atom is 0.0575 e. The number of hydrogen-bond acceptors (Lipinski definition) is 3. The third-order valence-electron chi connectivity index (χ3n) is 6.56. The lowest BCUT2D eigenvalue weighted by Gasteiger charge is -2.50. The van der Waals surface area contributed by atoms with Crippen LogP contribution in [-0.4, -0.2) is 35.6 Å². The molecule has 130 valence electrons. The Bertz CT molecular complexity index is 774. The summed E-state index contributed by atoms with van der Waals surface area (Å²) in [7, 11) is 0. The lowest BCUT2D eigenvalue weighted by molar-refractivity contribution is 0.0325. The van der Waals surface area contributed by atoms with Crippen molar-refractivity contribution in [3.05, 3.63) is 58.9 Å². The Labute approximate surface area is 150 Å². The van der Waals surface area contributed by atoms with Gasteiger partial charge < -0.3 is 4.90 Å². The second-order valence-electron chi connectivity index (χ2n) is 8.12. The van der Waals surface area contributed by atoms with Gasteiger partial charge >= 0.3 is 0 Å². The molecule has 0 radical (unpaired) electrons. The molecule has 0 aliphatic carbocycles. The first-order valence-corrected chi connectivity index (χ1v) is 9.73. The fraction of sp³-hybridized carbons (Fsp3) is 0.500. The highest BCUT2D eigenvalue weighted by Crippen LogP contribution is 2.52. The minimum atomic E-state index is 0.624. The molecule has 6 rings (SSSR count). The average Bonchev–Trinajstić information content (AvgIpc) is 2.98. The van der Waals surface area contributed by atoms with E-state index in [0.29, 0.717) is 12.1 Å². The fourth-order valence-corrected chi connectivity index (χ4v) is 5.32. The Balaban J connectivity index is 1.47. The van der Waals surface area contributed by atoms with Gasteiger partial charge in [0.25, 0.3) is 0 Å². The van der Waals surface area contributed by atoms with Gasteiger partial charge in [-0.1, -0.05) is 23.8 Å². The molecule has 4 aliphatic rings. The lowest BCUT2D eigenvalue weighted by atomic mass is 9.78. The van der Waals surface area contributed by atoms with E-state index in [2.05, 4.69) is 65.2 Å². The summed E-state index contributed by atoms with van der Waals surface area (Å²) in [4.78, 5) is 9.95. The van der Waals surface area contributed by atoms with Gasteiger partial charge in [0.15, 0.2) is 0 Å². The monoisotopic (exact) mass is 333 g/mol. The smallest absolute Gasteiger partial charge is 0.0575 e. The average molecular weight is 333 g/mol. The van der Waals surface area contributed by atoms with E-state index >= 15 is 0 Å². The first-order valence-electron chi connectivity index (χ1n) is 9.73. The molecule has 0 N–H and O–H groups in total. The molecule has 1 aromatic heterocycles. The molecule has 25 heavy (non-hydrogen) atoms. The molecule has 2 aromatic rings. The van der Waals surface area contributed by atoms with E-state index in [4.69, 9.17) is 0 Å².